The second-order valence-corrected chi connectivity index (χ2v) is 5.47. The molecule has 0 bridgehead atoms. The molecule has 1 aliphatic heterocycles. The van der Waals surface area contributed by atoms with Crippen molar-refractivity contribution >= 4 is 34.2 Å². The Morgan fingerprint density at radius 3 is 2.65 bits per heavy atom. The van der Waals surface area contributed by atoms with Gasteiger partial charge in [0.05, 0.1) is 17.6 Å². The number of fused-ring (bicyclic) bond motifs is 1. The van der Waals surface area contributed by atoms with Crippen molar-refractivity contribution < 1.29 is 20.1 Å². The van der Waals surface area contributed by atoms with Gasteiger partial charge >= 0.3 is 0 Å². The van der Waals surface area contributed by atoms with Gasteiger partial charge in [-0.3, -0.25) is 0 Å². The SMILES string of the molecule is OC[C@H]1O[C@@H](c2cc(Cl)cc3[nH]c(Cl)nc23)[C@H](O)[C@@H]1O. The fraction of sp³-hybridized carbons (Fsp3) is 0.417. The monoisotopic (exact) mass is 318 g/mol. The number of hydrogen-bond acceptors (Lipinski definition) is 5. The number of ether oxygens (including phenoxy) is 1. The van der Waals surface area contributed by atoms with Gasteiger partial charge < -0.3 is 25.0 Å². The molecule has 20 heavy (non-hydrogen) atoms. The number of imidazole rings is 1. The quantitative estimate of drug-likeness (QED) is 0.662. The van der Waals surface area contributed by atoms with E-state index in [0.29, 0.717) is 21.6 Å². The van der Waals surface area contributed by atoms with E-state index >= 15 is 0 Å². The number of benzene rings is 1. The summed E-state index contributed by atoms with van der Waals surface area (Å²) in [5.74, 6) is 0. The smallest absolute Gasteiger partial charge is 0.201 e. The molecule has 108 valence electrons. The molecule has 4 N–H and O–H groups in total. The Hall–Kier alpha value is -0.890. The molecule has 0 unspecified atom stereocenters. The van der Waals surface area contributed by atoms with Crippen molar-refractivity contribution in [3.63, 3.8) is 0 Å². The second kappa shape index (κ2) is 5.14. The highest BCUT2D eigenvalue weighted by Gasteiger charge is 2.44. The molecule has 2 aromatic rings. The van der Waals surface area contributed by atoms with Crippen LogP contribution >= 0.6 is 23.2 Å². The highest BCUT2D eigenvalue weighted by molar-refractivity contribution is 6.32. The van der Waals surface area contributed by atoms with E-state index in [2.05, 4.69) is 9.97 Å². The van der Waals surface area contributed by atoms with E-state index in [1.54, 1.807) is 12.1 Å². The van der Waals surface area contributed by atoms with Gasteiger partial charge in [0.2, 0.25) is 5.28 Å². The number of nitrogens with zero attached hydrogens (tertiary/aromatic N) is 1. The average Bonchev–Trinajstić information content (AvgIpc) is 2.90. The third-order valence-electron chi connectivity index (χ3n) is 3.40. The number of rotatable bonds is 2. The van der Waals surface area contributed by atoms with E-state index in [1.807, 2.05) is 0 Å². The molecule has 0 saturated carbocycles. The van der Waals surface area contributed by atoms with Crippen LogP contribution in [0.2, 0.25) is 10.3 Å². The summed E-state index contributed by atoms with van der Waals surface area (Å²) >= 11 is 11.9. The van der Waals surface area contributed by atoms with Crippen molar-refractivity contribution in [2.24, 2.45) is 0 Å². The maximum absolute atomic E-state index is 10.1. The molecule has 8 heteroatoms. The van der Waals surface area contributed by atoms with Gasteiger partial charge in [-0.25, -0.2) is 4.98 Å². The number of aromatic amines is 1. The number of aliphatic hydroxyl groups is 3. The van der Waals surface area contributed by atoms with Gasteiger partial charge in [-0.05, 0) is 23.7 Å². The van der Waals surface area contributed by atoms with Crippen molar-refractivity contribution in [1.29, 1.82) is 0 Å². The Bertz CT molecular complexity index is 648. The number of hydrogen-bond donors (Lipinski definition) is 4. The first kappa shape index (κ1) is 14.1. The van der Waals surface area contributed by atoms with Crippen LogP contribution in [-0.4, -0.2) is 50.2 Å². The van der Waals surface area contributed by atoms with E-state index in [0.717, 1.165) is 0 Å². The van der Waals surface area contributed by atoms with Crippen molar-refractivity contribution in [3.8, 4) is 0 Å². The molecule has 2 heterocycles. The Kier molecular flexibility index (Phi) is 3.62. The van der Waals surface area contributed by atoms with Crippen molar-refractivity contribution in [2.75, 3.05) is 6.61 Å². The molecule has 4 atom stereocenters. The minimum atomic E-state index is -1.18. The zero-order valence-electron chi connectivity index (χ0n) is 10.1. The van der Waals surface area contributed by atoms with Gasteiger partial charge in [-0.15, -0.1) is 0 Å². The van der Waals surface area contributed by atoms with E-state index in [4.69, 9.17) is 33.0 Å². The molecule has 1 saturated heterocycles. The molecule has 0 amide bonds. The summed E-state index contributed by atoms with van der Waals surface area (Å²) in [6.07, 6.45) is -4.03. The molecule has 1 aromatic heterocycles. The molecule has 6 nitrogen and oxygen atoms in total. The van der Waals surface area contributed by atoms with Crippen LogP contribution in [0.1, 0.15) is 11.7 Å². The fourth-order valence-corrected chi connectivity index (χ4v) is 2.86. The third-order valence-corrected chi connectivity index (χ3v) is 3.80. The summed E-state index contributed by atoms with van der Waals surface area (Å²) in [5.41, 5.74) is 1.63. The minimum absolute atomic E-state index is 0.190. The molecule has 0 radical (unpaired) electrons. The molecule has 1 aromatic carbocycles. The molecular weight excluding hydrogens is 307 g/mol. The van der Waals surface area contributed by atoms with Crippen LogP contribution in [0.4, 0.5) is 0 Å². The topological polar surface area (TPSA) is 98.6 Å². The van der Waals surface area contributed by atoms with Crippen molar-refractivity contribution in [2.45, 2.75) is 24.4 Å². The van der Waals surface area contributed by atoms with E-state index in [9.17, 15) is 10.2 Å². The summed E-state index contributed by atoms with van der Waals surface area (Å²) in [6, 6.07) is 3.25. The van der Waals surface area contributed by atoms with Crippen LogP contribution < -0.4 is 0 Å². The van der Waals surface area contributed by atoms with E-state index in [1.165, 1.54) is 0 Å². The Balaban J connectivity index is 2.10. The van der Waals surface area contributed by atoms with E-state index < -0.39 is 24.4 Å². The largest absolute Gasteiger partial charge is 0.394 e. The van der Waals surface area contributed by atoms with E-state index in [-0.39, 0.29) is 11.9 Å². The van der Waals surface area contributed by atoms with Crippen LogP contribution in [-0.2, 0) is 4.74 Å². The van der Waals surface area contributed by atoms with Gasteiger partial charge in [0.15, 0.2) is 0 Å². The van der Waals surface area contributed by atoms with Gasteiger partial charge in [-0.1, -0.05) is 11.6 Å². The third kappa shape index (κ3) is 2.18. The predicted octanol–water partition coefficient (Wildman–Crippen LogP) is 1.02. The minimum Gasteiger partial charge on any atom is -0.394 e. The first-order valence-corrected chi connectivity index (χ1v) is 6.74. The summed E-state index contributed by atoms with van der Waals surface area (Å²) in [4.78, 5) is 6.96. The van der Waals surface area contributed by atoms with Crippen LogP contribution in [0.5, 0.6) is 0 Å². The maximum Gasteiger partial charge on any atom is 0.201 e. The second-order valence-electron chi connectivity index (χ2n) is 4.68. The lowest BCUT2D eigenvalue weighted by molar-refractivity contribution is -0.0224. The van der Waals surface area contributed by atoms with Gasteiger partial charge in [0.25, 0.3) is 0 Å². The first-order chi connectivity index (χ1) is 9.51. The fourth-order valence-electron chi connectivity index (χ4n) is 2.45. The van der Waals surface area contributed by atoms with Crippen molar-refractivity contribution in [1.82, 2.24) is 9.97 Å². The number of nitrogens with one attached hydrogen (secondary N) is 1. The summed E-state index contributed by atoms with van der Waals surface area (Å²) < 4.78 is 5.49. The average molecular weight is 319 g/mol. The standard InChI is InChI=1S/C12H12Cl2N2O4/c13-4-1-5(8-6(2-4)15-12(14)16-8)11-10(19)9(18)7(3-17)20-11/h1-2,7,9-11,17-19H,3H2,(H,15,16)/t7-,9-,10-,11+/m1/s1. The Morgan fingerprint density at radius 1 is 1.25 bits per heavy atom. The molecule has 0 spiro atoms. The molecule has 0 aliphatic carbocycles. The Morgan fingerprint density at radius 2 is 2.00 bits per heavy atom. The van der Waals surface area contributed by atoms with Crippen molar-refractivity contribution in [3.05, 3.63) is 28.0 Å². The Labute approximate surface area is 123 Å². The lowest BCUT2D eigenvalue weighted by Gasteiger charge is -2.15. The lowest BCUT2D eigenvalue weighted by Crippen LogP contribution is -2.32. The zero-order chi connectivity index (χ0) is 14.4. The molecule has 3 rings (SSSR count). The summed E-state index contributed by atoms with van der Waals surface area (Å²) in [7, 11) is 0. The van der Waals surface area contributed by atoms with Crippen LogP contribution in [0, 0.1) is 0 Å². The normalized spacial score (nSPS) is 30.2. The number of aromatic nitrogens is 2. The van der Waals surface area contributed by atoms with Gasteiger partial charge in [0, 0.05) is 10.6 Å². The highest BCUT2D eigenvalue weighted by atomic mass is 35.5. The predicted molar refractivity (Wildman–Crippen MR) is 72.8 cm³/mol. The van der Waals surface area contributed by atoms with Crippen LogP contribution in [0.25, 0.3) is 11.0 Å². The highest BCUT2D eigenvalue weighted by Crippen LogP contribution is 2.38. The number of aliphatic hydroxyl groups excluding tert-OH is 3. The van der Waals surface area contributed by atoms with Gasteiger partial charge in [-0.2, -0.15) is 0 Å². The summed E-state index contributed by atoms with van der Waals surface area (Å²) in [6.45, 7) is -0.389. The first-order valence-electron chi connectivity index (χ1n) is 5.98. The maximum atomic E-state index is 10.1. The summed E-state index contributed by atoms with van der Waals surface area (Å²) in [5, 5.41) is 29.6. The van der Waals surface area contributed by atoms with Gasteiger partial charge in [0.1, 0.15) is 24.4 Å². The number of halogens is 2. The lowest BCUT2D eigenvalue weighted by atomic mass is 10.0. The molecule has 1 fully saturated rings. The zero-order valence-corrected chi connectivity index (χ0v) is 11.6. The molecule has 1 aliphatic rings. The van der Waals surface area contributed by atoms with Crippen LogP contribution in [0.15, 0.2) is 12.1 Å². The number of H-pyrrole nitrogens is 1. The van der Waals surface area contributed by atoms with Crippen LogP contribution in [0.3, 0.4) is 0 Å². The molecular formula is C12H12Cl2N2O4.